The highest BCUT2D eigenvalue weighted by Crippen LogP contribution is 2.42. The molecule has 2 N–H and O–H groups in total. The molecule has 1 aliphatic carbocycles. The highest BCUT2D eigenvalue weighted by molar-refractivity contribution is 5.62. The summed E-state index contributed by atoms with van der Waals surface area (Å²) >= 11 is 0. The molecule has 2 bridgehead atoms. The fraction of sp³-hybridized carbons (Fsp3) is 0.529. The van der Waals surface area contributed by atoms with Crippen LogP contribution in [-0.4, -0.2) is 17.2 Å². The van der Waals surface area contributed by atoms with Crippen LogP contribution in [0.1, 0.15) is 48.8 Å². The normalized spacial score (nSPS) is 36.3. The zero-order chi connectivity index (χ0) is 12.9. The van der Waals surface area contributed by atoms with Crippen molar-refractivity contribution in [1.82, 2.24) is 5.32 Å². The van der Waals surface area contributed by atoms with Crippen LogP contribution < -0.4 is 5.32 Å². The molecule has 100 valence electrons. The Balaban J connectivity index is 1.74. The minimum Gasteiger partial charge on any atom is -0.385 e. The molecule has 4 rings (SSSR count). The van der Waals surface area contributed by atoms with Gasteiger partial charge in [-0.3, -0.25) is 0 Å². The Morgan fingerprint density at radius 1 is 1.16 bits per heavy atom. The summed E-state index contributed by atoms with van der Waals surface area (Å²) in [5, 5.41) is 14.9. The molecule has 2 heterocycles. The number of piperidine rings is 2. The molecule has 19 heavy (non-hydrogen) atoms. The van der Waals surface area contributed by atoms with Crippen molar-refractivity contribution in [3.63, 3.8) is 0 Å². The predicted octanol–water partition coefficient (Wildman–Crippen LogP) is 2.75. The first-order valence-corrected chi connectivity index (χ1v) is 7.52. The van der Waals surface area contributed by atoms with Crippen molar-refractivity contribution in [2.75, 3.05) is 0 Å². The first-order valence-electron chi connectivity index (χ1n) is 7.52. The van der Waals surface area contributed by atoms with Gasteiger partial charge in [-0.1, -0.05) is 36.8 Å². The topological polar surface area (TPSA) is 32.3 Å². The lowest BCUT2D eigenvalue weighted by Crippen LogP contribution is -2.54. The van der Waals surface area contributed by atoms with Gasteiger partial charge in [-0.25, -0.2) is 0 Å². The van der Waals surface area contributed by atoms with E-state index in [2.05, 4.69) is 35.7 Å². The first-order chi connectivity index (χ1) is 9.24. The van der Waals surface area contributed by atoms with Crippen molar-refractivity contribution in [1.29, 1.82) is 0 Å². The second kappa shape index (κ2) is 4.19. The maximum atomic E-state index is 11.2. The second-order valence-electron chi connectivity index (χ2n) is 6.41. The van der Waals surface area contributed by atoms with E-state index in [0.29, 0.717) is 12.1 Å². The molecule has 0 amide bonds. The molecular weight excluding hydrogens is 234 g/mol. The number of fused-ring (bicyclic) bond motifs is 3. The van der Waals surface area contributed by atoms with E-state index in [1.165, 1.54) is 36.0 Å². The lowest BCUT2D eigenvalue weighted by Gasteiger charge is -2.46. The summed E-state index contributed by atoms with van der Waals surface area (Å²) in [6.45, 7) is 0. The van der Waals surface area contributed by atoms with Crippen molar-refractivity contribution in [2.45, 2.75) is 56.2 Å². The molecule has 2 heteroatoms. The molecule has 1 aromatic rings. The van der Waals surface area contributed by atoms with Crippen LogP contribution in [0, 0.1) is 0 Å². The van der Waals surface area contributed by atoms with Gasteiger partial charge in [0.05, 0.1) is 5.60 Å². The van der Waals surface area contributed by atoms with Crippen molar-refractivity contribution in [3.05, 3.63) is 41.0 Å². The summed E-state index contributed by atoms with van der Waals surface area (Å²) in [6.07, 6.45) is 10.9. The summed E-state index contributed by atoms with van der Waals surface area (Å²) in [5.41, 5.74) is 3.23. The van der Waals surface area contributed by atoms with Crippen LogP contribution >= 0.6 is 0 Å². The molecule has 2 aliphatic heterocycles. The molecular formula is C17H21NO. The summed E-state index contributed by atoms with van der Waals surface area (Å²) in [7, 11) is 0. The third kappa shape index (κ3) is 1.86. The van der Waals surface area contributed by atoms with Gasteiger partial charge in [-0.2, -0.15) is 0 Å². The molecule has 2 fully saturated rings. The van der Waals surface area contributed by atoms with E-state index < -0.39 is 5.60 Å². The van der Waals surface area contributed by atoms with Crippen LogP contribution in [0.3, 0.4) is 0 Å². The van der Waals surface area contributed by atoms with Gasteiger partial charge in [-0.15, -0.1) is 0 Å². The van der Waals surface area contributed by atoms with E-state index in [4.69, 9.17) is 0 Å². The Hall–Kier alpha value is -1.12. The van der Waals surface area contributed by atoms with Gasteiger partial charge in [0, 0.05) is 12.1 Å². The number of rotatable bonds is 1. The average Bonchev–Trinajstić information content (AvgIpc) is 2.85. The fourth-order valence-corrected chi connectivity index (χ4v) is 4.28. The van der Waals surface area contributed by atoms with E-state index >= 15 is 0 Å². The smallest absolute Gasteiger partial charge is 0.0929 e. The SMILES string of the molecule is OC1(c2cccc3c2CC=C3)CC2CCCC(C1)N2. The van der Waals surface area contributed by atoms with Gasteiger partial charge >= 0.3 is 0 Å². The van der Waals surface area contributed by atoms with Gasteiger partial charge in [0.1, 0.15) is 0 Å². The largest absolute Gasteiger partial charge is 0.385 e. The van der Waals surface area contributed by atoms with E-state index in [9.17, 15) is 5.11 Å². The van der Waals surface area contributed by atoms with Crippen molar-refractivity contribution in [2.24, 2.45) is 0 Å². The summed E-state index contributed by atoms with van der Waals surface area (Å²) in [6, 6.07) is 7.41. The molecule has 2 nitrogen and oxygen atoms in total. The maximum absolute atomic E-state index is 11.2. The van der Waals surface area contributed by atoms with Crippen LogP contribution in [0.4, 0.5) is 0 Å². The van der Waals surface area contributed by atoms with Crippen LogP contribution in [-0.2, 0) is 12.0 Å². The van der Waals surface area contributed by atoms with Crippen molar-refractivity contribution < 1.29 is 5.11 Å². The summed E-state index contributed by atoms with van der Waals surface area (Å²) < 4.78 is 0. The number of benzene rings is 1. The van der Waals surface area contributed by atoms with Gasteiger partial charge in [-0.05, 0) is 48.8 Å². The van der Waals surface area contributed by atoms with Gasteiger partial charge in [0.15, 0.2) is 0 Å². The third-order valence-electron chi connectivity index (χ3n) is 5.08. The number of nitrogens with one attached hydrogen (secondary N) is 1. The van der Waals surface area contributed by atoms with Crippen molar-refractivity contribution >= 4 is 6.08 Å². The van der Waals surface area contributed by atoms with E-state index in [1.54, 1.807) is 0 Å². The van der Waals surface area contributed by atoms with Crippen LogP contribution in [0.25, 0.3) is 6.08 Å². The molecule has 2 atom stereocenters. The minimum absolute atomic E-state index is 0.503. The van der Waals surface area contributed by atoms with Crippen LogP contribution in [0.15, 0.2) is 24.3 Å². The van der Waals surface area contributed by atoms with Crippen LogP contribution in [0.2, 0.25) is 0 Å². The van der Waals surface area contributed by atoms with Gasteiger partial charge in [0.25, 0.3) is 0 Å². The Bertz CT molecular complexity index is 522. The molecule has 2 saturated heterocycles. The number of hydrogen-bond donors (Lipinski definition) is 2. The number of hydrogen-bond acceptors (Lipinski definition) is 2. The van der Waals surface area contributed by atoms with E-state index in [-0.39, 0.29) is 0 Å². The summed E-state index contributed by atoms with van der Waals surface area (Å²) in [5.74, 6) is 0. The lowest BCUT2D eigenvalue weighted by molar-refractivity contribution is -0.0364. The standard InChI is InChI=1S/C17H21NO/c19-17(10-13-6-3-7-14(11-17)18-13)16-9-2-5-12-4-1-8-15(12)16/h1-2,4-5,9,13-14,18-19H,3,6-8,10-11H2. The highest BCUT2D eigenvalue weighted by atomic mass is 16.3. The van der Waals surface area contributed by atoms with Crippen molar-refractivity contribution in [3.8, 4) is 0 Å². The van der Waals surface area contributed by atoms with Crippen LogP contribution in [0.5, 0.6) is 0 Å². The van der Waals surface area contributed by atoms with Gasteiger partial charge in [0.2, 0.25) is 0 Å². The zero-order valence-electron chi connectivity index (χ0n) is 11.2. The number of aliphatic hydroxyl groups is 1. The Morgan fingerprint density at radius 2 is 1.95 bits per heavy atom. The molecule has 0 radical (unpaired) electrons. The quantitative estimate of drug-likeness (QED) is 0.808. The molecule has 2 unspecified atom stereocenters. The fourth-order valence-electron chi connectivity index (χ4n) is 4.28. The molecule has 3 aliphatic rings. The minimum atomic E-state index is -0.613. The Kier molecular flexibility index (Phi) is 2.58. The predicted molar refractivity (Wildman–Crippen MR) is 76.9 cm³/mol. The molecule has 1 aromatic carbocycles. The highest BCUT2D eigenvalue weighted by Gasteiger charge is 2.42. The first kappa shape index (κ1) is 11.7. The van der Waals surface area contributed by atoms with E-state index in [1.807, 2.05) is 0 Å². The average molecular weight is 255 g/mol. The second-order valence-corrected chi connectivity index (χ2v) is 6.41. The molecule has 0 saturated carbocycles. The zero-order valence-corrected chi connectivity index (χ0v) is 11.2. The number of allylic oxidation sites excluding steroid dienone is 1. The Morgan fingerprint density at radius 3 is 2.74 bits per heavy atom. The monoisotopic (exact) mass is 255 g/mol. The molecule has 0 spiro atoms. The Labute approximate surface area is 114 Å². The van der Waals surface area contributed by atoms with Gasteiger partial charge < -0.3 is 10.4 Å². The third-order valence-corrected chi connectivity index (χ3v) is 5.08. The lowest BCUT2D eigenvalue weighted by atomic mass is 9.72. The van der Waals surface area contributed by atoms with E-state index in [0.717, 1.165) is 19.3 Å². The summed E-state index contributed by atoms with van der Waals surface area (Å²) in [4.78, 5) is 0. The maximum Gasteiger partial charge on any atom is 0.0929 e. The molecule has 0 aromatic heterocycles.